The topological polar surface area (TPSA) is 3.88 Å². The molecule has 0 amide bonds. The Morgan fingerprint density at radius 1 is 0.640 bits per heavy atom. The molecule has 1 aromatic rings. The lowest BCUT2D eigenvalue weighted by molar-refractivity contribution is -0.703. The summed E-state index contributed by atoms with van der Waals surface area (Å²) in [5, 5.41) is 0. The number of aromatic nitrogens is 1. The molecule has 1 heterocycles. The van der Waals surface area contributed by atoms with Crippen LogP contribution >= 0.6 is 0 Å². The molecule has 2 heteroatoms. The number of unbranched alkanes of at least 4 members (excludes halogenated alkanes) is 14. The highest BCUT2D eigenvalue weighted by Crippen LogP contribution is 2.13. The highest BCUT2D eigenvalue weighted by molar-refractivity contribution is 4.93. The Kier molecular flexibility index (Phi) is 18.1. The van der Waals surface area contributed by atoms with Crippen LogP contribution in [0.2, 0.25) is 0 Å². The van der Waals surface area contributed by atoms with E-state index >= 15 is 0 Å². The number of pyridine rings is 1. The fourth-order valence-corrected chi connectivity index (χ4v) is 3.47. The van der Waals surface area contributed by atoms with Gasteiger partial charge in [0.1, 0.15) is 6.54 Å². The molecule has 0 N–H and O–H groups in total. The molecule has 0 aliphatic heterocycles. The van der Waals surface area contributed by atoms with Gasteiger partial charge in [-0.3, -0.25) is 0 Å². The maximum absolute atomic E-state index is 2.38. The average Bonchev–Trinajstić information content (AvgIpc) is 2.60. The van der Waals surface area contributed by atoms with Gasteiger partial charge in [0.15, 0.2) is 11.9 Å². The van der Waals surface area contributed by atoms with Crippen molar-refractivity contribution in [1.82, 2.24) is 0 Å². The summed E-state index contributed by atoms with van der Waals surface area (Å²) in [6, 6.07) is 6.46. The van der Waals surface area contributed by atoms with Gasteiger partial charge in [0.2, 0.25) is 0 Å². The van der Waals surface area contributed by atoms with Crippen molar-refractivity contribution in [3.63, 3.8) is 0 Å². The molecule has 0 unspecified atom stereocenters. The highest BCUT2D eigenvalue weighted by Gasteiger charge is 2.03. The molecule has 0 radical (unpaired) electrons. The maximum atomic E-state index is 2.38. The predicted octanol–water partition coefficient (Wildman–Crippen LogP) is 4.16. The molecule has 1 aromatic heterocycles. The van der Waals surface area contributed by atoms with Crippen LogP contribution in [0.1, 0.15) is 109 Å². The van der Waals surface area contributed by atoms with E-state index in [0.717, 1.165) is 0 Å². The molecule has 0 saturated heterocycles. The third-order valence-electron chi connectivity index (χ3n) is 5.17. The summed E-state index contributed by atoms with van der Waals surface area (Å²) in [5.41, 5.74) is 1.38. The van der Waals surface area contributed by atoms with Crippen LogP contribution in [0.3, 0.4) is 0 Å². The summed E-state index contributed by atoms with van der Waals surface area (Å²) in [5.74, 6) is 0. The second kappa shape index (κ2) is 18.4. The number of halogens is 1. The van der Waals surface area contributed by atoms with E-state index in [0.29, 0.717) is 0 Å². The SMILES string of the molecule is CCCCCCCCCCCCCCCCC[n+]1ccccc1C.[Br-]. The lowest BCUT2D eigenvalue weighted by Gasteiger charge is -2.03. The zero-order valence-electron chi connectivity index (χ0n) is 16.9. The molecule has 0 atom stereocenters. The normalized spacial score (nSPS) is 10.6. The molecule has 146 valence electrons. The van der Waals surface area contributed by atoms with Crippen LogP contribution in [0.25, 0.3) is 0 Å². The van der Waals surface area contributed by atoms with Gasteiger partial charge >= 0.3 is 0 Å². The number of rotatable bonds is 16. The van der Waals surface area contributed by atoms with Crippen molar-refractivity contribution in [1.29, 1.82) is 0 Å². The monoisotopic (exact) mass is 411 g/mol. The van der Waals surface area contributed by atoms with Crippen LogP contribution in [-0.2, 0) is 6.54 Å². The molecule has 25 heavy (non-hydrogen) atoms. The van der Waals surface area contributed by atoms with E-state index in [-0.39, 0.29) is 17.0 Å². The molecule has 0 saturated carbocycles. The van der Waals surface area contributed by atoms with E-state index in [1.165, 1.54) is 109 Å². The van der Waals surface area contributed by atoms with E-state index in [2.05, 4.69) is 42.8 Å². The largest absolute Gasteiger partial charge is 1.00 e. The third kappa shape index (κ3) is 14.5. The van der Waals surface area contributed by atoms with Gasteiger partial charge in [-0.15, -0.1) is 0 Å². The van der Waals surface area contributed by atoms with Gasteiger partial charge in [-0.2, -0.15) is 0 Å². The summed E-state index contributed by atoms with van der Waals surface area (Å²) in [6.45, 7) is 5.68. The molecule has 1 nitrogen and oxygen atoms in total. The first-order valence-corrected chi connectivity index (χ1v) is 10.8. The molecule has 0 bridgehead atoms. The van der Waals surface area contributed by atoms with Crippen molar-refractivity contribution in [2.45, 2.75) is 117 Å². The Morgan fingerprint density at radius 3 is 1.52 bits per heavy atom. The lowest BCUT2D eigenvalue weighted by Crippen LogP contribution is -3.00. The molecular formula is C23H42BrN. The minimum absolute atomic E-state index is 0. The fraction of sp³-hybridized carbons (Fsp3) is 0.783. The first-order valence-electron chi connectivity index (χ1n) is 10.8. The van der Waals surface area contributed by atoms with Crippen LogP contribution in [0.15, 0.2) is 24.4 Å². The van der Waals surface area contributed by atoms with Gasteiger partial charge in [-0.1, -0.05) is 96.5 Å². The molecule has 0 fully saturated rings. The summed E-state index contributed by atoms with van der Waals surface area (Å²) in [6.07, 6.45) is 23.8. The van der Waals surface area contributed by atoms with Crippen molar-refractivity contribution < 1.29 is 21.5 Å². The van der Waals surface area contributed by atoms with Gasteiger partial charge in [0.05, 0.1) is 0 Å². The van der Waals surface area contributed by atoms with E-state index in [4.69, 9.17) is 0 Å². The maximum Gasteiger partial charge on any atom is 0.178 e. The second-order valence-electron chi connectivity index (χ2n) is 7.49. The Balaban J connectivity index is 0.00000576. The van der Waals surface area contributed by atoms with Crippen molar-refractivity contribution in [2.75, 3.05) is 0 Å². The van der Waals surface area contributed by atoms with Crippen molar-refractivity contribution in [3.05, 3.63) is 30.1 Å². The standard InChI is InChI=1S/C23H42N.BrH/c1-3-4-5-6-7-8-9-10-11-12-13-14-15-16-18-21-24-22-19-17-20-23(24)2;/h17,19-20,22H,3-16,18,21H2,1-2H3;1H/q+1;/p-1. The molecule has 0 aliphatic carbocycles. The minimum atomic E-state index is 0. The van der Waals surface area contributed by atoms with Gasteiger partial charge in [0.25, 0.3) is 0 Å². The van der Waals surface area contributed by atoms with Crippen molar-refractivity contribution >= 4 is 0 Å². The molecule has 0 aromatic carbocycles. The van der Waals surface area contributed by atoms with Crippen LogP contribution in [0.4, 0.5) is 0 Å². The van der Waals surface area contributed by atoms with Crippen LogP contribution < -0.4 is 21.5 Å². The van der Waals surface area contributed by atoms with E-state index < -0.39 is 0 Å². The number of nitrogens with zero attached hydrogens (tertiary/aromatic N) is 1. The van der Waals surface area contributed by atoms with Crippen LogP contribution in [0.5, 0.6) is 0 Å². The fourth-order valence-electron chi connectivity index (χ4n) is 3.47. The highest BCUT2D eigenvalue weighted by atomic mass is 79.9. The van der Waals surface area contributed by atoms with E-state index in [1.807, 2.05) is 0 Å². The smallest absolute Gasteiger partial charge is 0.178 e. The zero-order chi connectivity index (χ0) is 17.3. The van der Waals surface area contributed by atoms with Crippen molar-refractivity contribution in [2.24, 2.45) is 0 Å². The quantitative estimate of drug-likeness (QED) is 0.284. The summed E-state index contributed by atoms with van der Waals surface area (Å²) < 4.78 is 2.38. The molecule has 1 rings (SSSR count). The number of hydrogen-bond acceptors (Lipinski definition) is 0. The van der Waals surface area contributed by atoms with Crippen molar-refractivity contribution in [3.8, 4) is 0 Å². The average molecular weight is 412 g/mol. The first kappa shape index (κ1) is 24.6. The first-order chi connectivity index (χ1) is 11.8. The van der Waals surface area contributed by atoms with Gasteiger partial charge in [0, 0.05) is 25.5 Å². The lowest BCUT2D eigenvalue weighted by atomic mass is 10.0. The van der Waals surface area contributed by atoms with Crippen LogP contribution in [0, 0.1) is 6.92 Å². The third-order valence-corrected chi connectivity index (χ3v) is 5.17. The van der Waals surface area contributed by atoms with Crippen LogP contribution in [-0.4, -0.2) is 0 Å². The van der Waals surface area contributed by atoms with E-state index in [1.54, 1.807) is 0 Å². The Hall–Kier alpha value is -0.370. The summed E-state index contributed by atoms with van der Waals surface area (Å²) in [4.78, 5) is 0. The summed E-state index contributed by atoms with van der Waals surface area (Å²) >= 11 is 0. The molecule has 0 aliphatic rings. The Labute approximate surface area is 168 Å². The minimum Gasteiger partial charge on any atom is -1.00 e. The van der Waals surface area contributed by atoms with Gasteiger partial charge in [-0.05, 0) is 6.42 Å². The Morgan fingerprint density at radius 2 is 1.08 bits per heavy atom. The predicted molar refractivity (Wildman–Crippen MR) is 106 cm³/mol. The second-order valence-corrected chi connectivity index (χ2v) is 7.49. The van der Waals surface area contributed by atoms with Gasteiger partial charge in [-0.25, -0.2) is 4.57 Å². The van der Waals surface area contributed by atoms with E-state index in [9.17, 15) is 0 Å². The molecule has 0 spiro atoms. The number of hydrogen-bond donors (Lipinski definition) is 0. The zero-order valence-corrected chi connectivity index (χ0v) is 18.5. The summed E-state index contributed by atoms with van der Waals surface area (Å²) in [7, 11) is 0. The molecular weight excluding hydrogens is 370 g/mol. The van der Waals surface area contributed by atoms with Gasteiger partial charge < -0.3 is 17.0 Å². The number of aryl methyl sites for hydroxylation is 2. The Bertz CT molecular complexity index is 391.